The lowest BCUT2D eigenvalue weighted by atomic mass is 10.3. The molecule has 0 saturated carbocycles. The van der Waals surface area contributed by atoms with Crippen molar-refractivity contribution in [3.8, 4) is 0 Å². The van der Waals surface area contributed by atoms with E-state index in [1.54, 1.807) is 6.07 Å². The summed E-state index contributed by atoms with van der Waals surface area (Å²) in [5.74, 6) is 0. The summed E-state index contributed by atoms with van der Waals surface area (Å²) in [6, 6.07) is 5.51. The first-order valence-corrected chi connectivity index (χ1v) is 5.56. The minimum atomic E-state index is -0.171. The third-order valence-corrected chi connectivity index (χ3v) is 3.13. The molecule has 2 aromatic rings. The van der Waals surface area contributed by atoms with Gasteiger partial charge >= 0.3 is 0 Å². The average molecular weight is 244 g/mol. The van der Waals surface area contributed by atoms with Gasteiger partial charge in [0.1, 0.15) is 5.01 Å². The van der Waals surface area contributed by atoms with Crippen LogP contribution in [-0.4, -0.2) is 10.1 Å². The van der Waals surface area contributed by atoms with Crippen molar-refractivity contribution in [2.75, 3.05) is 0 Å². The highest BCUT2D eigenvalue weighted by Gasteiger charge is 2.06. The number of carbonyl (C=O) groups is 1. The van der Waals surface area contributed by atoms with Crippen molar-refractivity contribution in [3.05, 3.63) is 28.2 Å². The molecule has 1 heterocycles. The molecule has 0 unspecified atom stereocenters. The molecule has 0 aliphatic heterocycles. The first-order chi connectivity index (χ1) is 6.65. The van der Waals surface area contributed by atoms with Crippen LogP contribution in [0.25, 0.3) is 10.2 Å². The van der Waals surface area contributed by atoms with Crippen LogP contribution in [0.1, 0.15) is 5.01 Å². The van der Waals surface area contributed by atoms with Crippen molar-refractivity contribution in [2.24, 2.45) is 0 Å². The van der Waals surface area contributed by atoms with Crippen molar-refractivity contribution >= 4 is 50.9 Å². The van der Waals surface area contributed by atoms with Gasteiger partial charge in [-0.05, 0) is 18.2 Å². The van der Waals surface area contributed by atoms with E-state index < -0.39 is 0 Å². The molecule has 1 aromatic carbocycles. The number of halogens is 1. The molecule has 0 aliphatic carbocycles. The van der Waals surface area contributed by atoms with E-state index in [0.29, 0.717) is 5.02 Å². The second kappa shape index (κ2) is 3.88. The highest BCUT2D eigenvalue weighted by Crippen LogP contribution is 2.25. The Morgan fingerprint density at radius 2 is 2.36 bits per heavy atom. The molecule has 0 saturated heterocycles. The monoisotopic (exact) mass is 243 g/mol. The number of aromatic nitrogens is 1. The Bertz CT molecular complexity index is 495. The standard InChI is InChI=1S/C9H6ClNOS2/c10-5-1-2-7-6(3-5)11-8(14-7)4-9(12)13/h1-3H,4H2,(H,12,13). The SMILES string of the molecule is O=C(S)Cc1nc2cc(Cl)ccc2s1. The summed E-state index contributed by atoms with van der Waals surface area (Å²) >= 11 is 11.0. The van der Waals surface area contributed by atoms with E-state index in [1.165, 1.54) is 11.3 Å². The van der Waals surface area contributed by atoms with E-state index in [2.05, 4.69) is 17.6 Å². The Hall–Kier alpha value is -0.580. The first-order valence-electron chi connectivity index (χ1n) is 3.92. The fourth-order valence-corrected chi connectivity index (χ4v) is 2.52. The molecule has 0 aliphatic rings. The number of carbonyl (C=O) groups excluding carboxylic acids is 1. The Morgan fingerprint density at radius 3 is 3.07 bits per heavy atom. The van der Waals surface area contributed by atoms with Gasteiger partial charge in [-0.1, -0.05) is 11.6 Å². The van der Waals surface area contributed by atoms with Crippen molar-refractivity contribution in [2.45, 2.75) is 6.42 Å². The number of rotatable bonds is 2. The smallest absolute Gasteiger partial charge is 0.192 e. The van der Waals surface area contributed by atoms with E-state index >= 15 is 0 Å². The molecule has 14 heavy (non-hydrogen) atoms. The van der Waals surface area contributed by atoms with Gasteiger partial charge in [0.25, 0.3) is 0 Å². The zero-order valence-corrected chi connectivity index (χ0v) is 9.49. The van der Waals surface area contributed by atoms with Crippen LogP contribution in [0, 0.1) is 0 Å². The predicted molar refractivity (Wildman–Crippen MR) is 62.3 cm³/mol. The van der Waals surface area contributed by atoms with Crippen LogP contribution in [0.15, 0.2) is 18.2 Å². The fraction of sp³-hybridized carbons (Fsp3) is 0.111. The second-order valence-corrected chi connectivity index (χ2v) is 4.84. The quantitative estimate of drug-likeness (QED) is 0.822. The van der Waals surface area contributed by atoms with Crippen molar-refractivity contribution in [3.63, 3.8) is 0 Å². The van der Waals surface area contributed by atoms with E-state index in [9.17, 15) is 4.79 Å². The molecule has 0 bridgehead atoms. The molecule has 1 aromatic heterocycles. The van der Waals surface area contributed by atoms with Gasteiger partial charge in [0.2, 0.25) is 0 Å². The van der Waals surface area contributed by atoms with E-state index in [0.717, 1.165) is 15.2 Å². The molecule has 0 radical (unpaired) electrons. The molecule has 2 rings (SSSR count). The van der Waals surface area contributed by atoms with Crippen LogP contribution in [0.2, 0.25) is 5.02 Å². The molecule has 0 fully saturated rings. The molecular weight excluding hydrogens is 238 g/mol. The van der Waals surface area contributed by atoms with E-state index in [-0.39, 0.29) is 11.5 Å². The summed E-state index contributed by atoms with van der Waals surface area (Å²) in [6.07, 6.45) is 0.278. The molecule has 5 heteroatoms. The molecule has 0 atom stereocenters. The Labute approximate surface area is 95.3 Å². The van der Waals surface area contributed by atoms with Crippen LogP contribution in [0.5, 0.6) is 0 Å². The minimum Gasteiger partial charge on any atom is -0.287 e. The van der Waals surface area contributed by atoms with Crippen LogP contribution in [-0.2, 0) is 11.2 Å². The van der Waals surface area contributed by atoms with Crippen LogP contribution < -0.4 is 0 Å². The second-order valence-electron chi connectivity index (χ2n) is 2.79. The van der Waals surface area contributed by atoms with Gasteiger partial charge in [-0.25, -0.2) is 4.98 Å². The van der Waals surface area contributed by atoms with Crippen LogP contribution >= 0.6 is 35.6 Å². The lowest BCUT2D eigenvalue weighted by Crippen LogP contribution is -1.91. The molecule has 0 N–H and O–H groups in total. The number of nitrogens with zero attached hydrogens (tertiary/aromatic N) is 1. The Kier molecular flexibility index (Phi) is 2.76. The highest BCUT2D eigenvalue weighted by atomic mass is 35.5. The summed E-state index contributed by atoms with van der Waals surface area (Å²) in [5.41, 5.74) is 0.840. The third kappa shape index (κ3) is 2.08. The minimum absolute atomic E-state index is 0.171. The fourth-order valence-electron chi connectivity index (χ4n) is 1.15. The maximum atomic E-state index is 10.8. The Balaban J connectivity index is 2.46. The van der Waals surface area contributed by atoms with Gasteiger partial charge in [-0.3, -0.25) is 4.79 Å². The van der Waals surface area contributed by atoms with Crippen molar-refractivity contribution < 1.29 is 4.79 Å². The molecule has 0 spiro atoms. The lowest BCUT2D eigenvalue weighted by Gasteiger charge is -1.86. The van der Waals surface area contributed by atoms with Gasteiger partial charge in [-0.2, -0.15) is 0 Å². The number of fused-ring (bicyclic) bond motifs is 1. The summed E-state index contributed by atoms with van der Waals surface area (Å²) < 4.78 is 1.04. The molecule has 0 amide bonds. The summed E-state index contributed by atoms with van der Waals surface area (Å²) in [7, 11) is 0. The average Bonchev–Trinajstić information content (AvgIpc) is 2.44. The van der Waals surface area contributed by atoms with Crippen LogP contribution in [0.3, 0.4) is 0 Å². The number of thiazole rings is 1. The number of thiol groups is 1. The number of benzene rings is 1. The molecule has 2 nitrogen and oxygen atoms in total. The molecule has 72 valence electrons. The van der Waals surface area contributed by atoms with E-state index in [1.807, 2.05) is 12.1 Å². The predicted octanol–water partition coefficient (Wildman–Crippen LogP) is 2.95. The molecular formula is C9H6ClNOS2. The summed E-state index contributed by atoms with van der Waals surface area (Å²) in [4.78, 5) is 15.0. The topological polar surface area (TPSA) is 30.0 Å². The number of hydrogen-bond donors (Lipinski definition) is 1. The largest absolute Gasteiger partial charge is 0.287 e. The van der Waals surface area contributed by atoms with Gasteiger partial charge in [-0.15, -0.1) is 24.0 Å². The first kappa shape index (κ1) is 9.96. The van der Waals surface area contributed by atoms with Gasteiger partial charge in [0.05, 0.1) is 16.6 Å². The normalized spacial score (nSPS) is 10.7. The zero-order chi connectivity index (χ0) is 10.1. The van der Waals surface area contributed by atoms with Gasteiger partial charge in [0, 0.05) is 5.02 Å². The lowest BCUT2D eigenvalue weighted by molar-refractivity contribution is -0.110. The highest BCUT2D eigenvalue weighted by molar-refractivity contribution is 7.96. The Morgan fingerprint density at radius 1 is 1.57 bits per heavy atom. The van der Waals surface area contributed by atoms with Crippen molar-refractivity contribution in [1.82, 2.24) is 4.98 Å². The number of hydrogen-bond acceptors (Lipinski definition) is 3. The van der Waals surface area contributed by atoms with Gasteiger partial charge in [0.15, 0.2) is 5.12 Å². The van der Waals surface area contributed by atoms with E-state index in [4.69, 9.17) is 11.6 Å². The summed E-state index contributed by atoms with van der Waals surface area (Å²) in [6.45, 7) is 0. The zero-order valence-electron chi connectivity index (χ0n) is 7.03. The van der Waals surface area contributed by atoms with Crippen molar-refractivity contribution in [1.29, 1.82) is 0 Å². The van der Waals surface area contributed by atoms with Crippen LogP contribution in [0.4, 0.5) is 0 Å². The maximum Gasteiger partial charge on any atom is 0.192 e. The maximum absolute atomic E-state index is 10.8. The van der Waals surface area contributed by atoms with Gasteiger partial charge < -0.3 is 0 Å². The third-order valence-electron chi connectivity index (χ3n) is 1.70. The summed E-state index contributed by atoms with van der Waals surface area (Å²) in [5, 5.41) is 1.27.